The molecule has 0 amide bonds. The second kappa shape index (κ2) is 8.18. The van der Waals surface area contributed by atoms with E-state index in [0.29, 0.717) is 17.7 Å². The van der Waals surface area contributed by atoms with Crippen molar-refractivity contribution in [3.8, 4) is 0 Å². The Morgan fingerprint density at radius 1 is 1.04 bits per heavy atom. The lowest BCUT2D eigenvalue weighted by Crippen LogP contribution is -2.28. The topological polar surface area (TPSA) is 55.8 Å². The number of esters is 2. The van der Waals surface area contributed by atoms with Crippen molar-refractivity contribution >= 4 is 23.3 Å². The van der Waals surface area contributed by atoms with E-state index in [4.69, 9.17) is 9.47 Å². The van der Waals surface area contributed by atoms with Gasteiger partial charge >= 0.3 is 11.9 Å². The van der Waals surface area contributed by atoms with Gasteiger partial charge in [-0.05, 0) is 29.1 Å². The molecule has 0 bridgehead atoms. The molecule has 140 valence electrons. The molecule has 0 saturated heterocycles. The molecule has 0 fully saturated rings. The molecule has 1 aliphatic heterocycles. The zero-order valence-electron chi connectivity index (χ0n) is 14.8. The first kappa shape index (κ1) is 18.8. The molecule has 2 aromatic rings. The molecule has 1 aromatic carbocycles. The second-order valence-corrected chi connectivity index (χ2v) is 6.88. The molecule has 1 aliphatic rings. The number of rotatable bonds is 5. The fraction of sp³-hybridized carbons (Fsp3) is 0.200. The fourth-order valence-electron chi connectivity index (χ4n) is 2.94. The third-order valence-electron chi connectivity index (χ3n) is 4.18. The van der Waals surface area contributed by atoms with Gasteiger partial charge in [0.2, 0.25) is 0 Å². The van der Waals surface area contributed by atoms with Gasteiger partial charge in [-0.2, -0.15) is 0 Å². The van der Waals surface area contributed by atoms with E-state index in [1.54, 1.807) is 29.4 Å². The first-order valence-corrected chi connectivity index (χ1v) is 9.05. The predicted octanol–water partition coefficient (Wildman–Crippen LogP) is 3.60. The van der Waals surface area contributed by atoms with Crippen molar-refractivity contribution in [3.05, 3.63) is 81.6 Å². The van der Waals surface area contributed by atoms with Crippen molar-refractivity contribution in [3.63, 3.8) is 0 Å². The van der Waals surface area contributed by atoms with E-state index in [1.807, 2.05) is 17.5 Å². The Bertz CT molecular complexity index is 853. The van der Waals surface area contributed by atoms with Gasteiger partial charge in [-0.15, -0.1) is 11.3 Å². The van der Waals surface area contributed by atoms with E-state index in [2.05, 4.69) is 0 Å². The SMILES string of the molecule is COC(=O)C1=CN(Cc2ccc(F)cc2)C=C(C(=O)OC)C1c1cccs1. The second-order valence-electron chi connectivity index (χ2n) is 5.90. The Morgan fingerprint density at radius 2 is 1.63 bits per heavy atom. The molecule has 27 heavy (non-hydrogen) atoms. The molecule has 0 radical (unpaired) electrons. The van der Waals surface area contributed by atoms with Gasteiger partial charge in [0.05, 0.1) is 31.3 Å². The van der Waals surface area contributed by atoms with E-state index in [1.165, 1.54) is 37.7 Å². The largest absolute Gasteiger partial charge is 0.466 e. The zero-order chi connectivity index (χ0) is 19.4. The third kappa shape index (κ3) is 4.09. The van der Waals surface area contributed by atoms with E-state index >= 15 is 0 Å². The Morgan fingerprint density at radius 3 is 2.11 bits per heavy atom. The van der Waals surface area contributed by atoms with Gasteiger partial charge in [0.15, 0.2) is 0 Å². The Hall–Kier alpha value is -2.93. The van der Waals surface area contributed by atoms with Crippen LogP contribution in [0.3, 0.4) is 0 Å². The summed E-state index contributed by atoms with van der Waals surface area (Å²) in [6.45, 7) is 0.360. The predicted molar refractivity (Wildman–Crippen MR) is 99.2 cm³/mol. The van der Waals surface area contributed by atoms with Crippen LogP contribution in [0.15, 0.2) is 65.3 Å². The lowest BCUT2D eigenvalue weighted by Gasteiger charge is -2.29. The van der Waals surface area contributed by atoms with Crippen molar-refractivity contribution in [1.82, 2.24) is 4.90 Å². The molecular formula is C20H18FNO4S. The maximum absolute atomic E-state index is 13.1. The molecule has 3 rings (SSSR count). The maximum Gasteiger partial charge on any atom is 0.336 e. The average Bonchev–Trinajstić information content (AvgIpc) is 3.22. The van der Waals surface area contributed by atoms with Crippen LogP contribution in [0, 0.1) is 5.82 Å². The Balaban J connectivity index is 2.02. The number of hydrogen-bond acceptors (Lipinski definition) is 6. The highest BCUT2D eigenvalue weighted by molar-refractivity contribution is 7.10. The van der Waals surface area contributed by atoms with Gasteiger partial charge in [0, 0.05) is 23.8 Å². The van der Waals surface area contributed by atoms with Crippen LogP contribution in [0.5, 0.6) is 0 Å². The summed E-state index contributed by atoms with van der Waals surface area (Å²) >= 11 is 1.44. The van der Waals surface area contributed by atoms with Crippen LogP contribution in [0.25, 0.3) is 0 Å². The number of halogens is 1. The van der Waals surface area contributed by atoms with E-state index < -0.39 is 17.9 Å². The smallest absolute Gasteiger partial charge is 0.336 e. The summed E-state index contributed by atoms with van der Waals surface area (Å²) < 4.78 is 23.0. The van der Waals surface area contributed by atoms with E-state index in [9.17, 15) is 14.0 Å². The summed E-state index contributed by atoms with van der Waals surface area (Å²) in [6, 6.07) is 9.75. The van der Waals surface area contributed by atoms with Crippen molar-refractivity contribution in [2.24, 2.45) is 0 Å². The van der Waals surface area contributed by atoms with Gasteiger partial charge in [-0.1, -0.05) is 18.2 Å². The van der Waals surface area contributed by atoms with Crippen LogP contribution in [-0.4, -0.2) is 31.1 Å². The van der Waals surface area contributed by atoms with Gasteiger partial charge in [-0.3, -0.25) is 0 Å². The summed E-state index contributed by atoms with van der Waals surface area (Å²) in [7, 11) is 2.60. The highest BCUT2D eigenvalue weighted by atomic mass is 32.1. The first-order chi connectivity index (χ1) is 13.0. The molecule has 0 atom stereocenters. The lowest BCUT2D eigenvalue weighted by molar-refractivity contribution is -0.137. The van der Waals surface area contributed by atoms with E-state index in [-0.39, 0.29) is 5.82 Å². The standard InChI is InChI=1S/C20H18FNO4S/c1-25-19(23)15-11-22(10-13-5-7-14(21)8-6-13)12-16(20(24)26-2)18(15)17-4-3-9-27-17/h3-9,11-12,18H,10H2,1-2H3. The molecule has 0 aliphatic carbocycles. The minimum absolute atomic E-state index is 0.327. The summed E-state index contributed by atoms with van der Waals surface area (Å²) in [5.74, 6) is -1.93. The Labute approximate surface area is 160 Å². The molecule has 2 heterocycles. The maximum atomic E-state index is 13.1. The quantitative estimate of drug-likeness (QED) is 0.734. The number of nitrogens with zero attached hydrogens (tertiary/aromatic N) is 1. The summed E-state index contributed by atoms with van der Waals surface area (Å²) in [6.07, 6.45) is 3.32. The molecule has 0 saturated carbocycles. The summed E-state index contributed by atoms with van der Waals surface area (Å²) in [4.78, 5) is 27.4. The monoisotopic (exact) mass is 387 g/mol. The van der Waals surface area contributed by atoms with Gasteiger partial charge in [0.1, 0.15) is 5.82 Å². The minimum Gasteiger partial charge on any atom is -0.466 e. The average molecular weight is 387 g/mol. The minimum atomic E-state index is -0.561. The molecular weight excluding hydrogens is 369 g/mol. The number of ether oxygens (including phenoxy) is 2. The van der Waals surface area contributed by atoms with Crippen LogP contribution in [0.2, 0.25) is 0 Å². The molecule has 0 spiro atoms. The first-order valence-electron chi connectivity index (χ1n) is 8.17. The zero-order valence-corrected chi connectivity index (χ0v) is 15.7. The van der Waals surface area contributed by atoms with Gasteiger partial charge in [-0.25, -0.2) is 14.0 Å². The number of benzene rings is 1. The van der Waals surface area contributed by atoms with Crippen LogP contribution < -0.4 is 0 Å². The molecule has 5 nitrogen and oxygen atoms in total. The van der Waals surface area contributed by atoms with Crippen molar-refractivity contribution in [2.75, 3.05) is 14.2 Å². The van der Waals surface area contributed by atoms with Crippen LogP contribution in [0.4, 0.5) is 4.39 Å². The van der Waals surface area contributed by atoms with Crippen molar-refractivity contribution in [1.29, 1.82) is 0 Å². The highest BCUT2D eigenvalue weighted by Gasteiger charge is 2.35. The van der Waals surface area contributed by atoms with Crippen LogP contribution >= 0.6 is 11.3 Å². The van der Waals surface area contributed by atoms with Gasteiger partial charge < -0.3 is 14.4 Å². The molecule has 0 N–H and O–H groups in total. The number of methoxy groups -OCH3 is 2. The third-order valence-corrected chi connectivity index (χ3v) is 5.12. The summed E-state index contributed by atoms with van der Waals surface area (Å²) in [5, 5.41) is 1.88. The van der Waals surface area contributed by atoms with Crippen LogP contribution in [-0.2, 0) is 25.6 Å². The van der Waals surface area contributed by atoms with Crippen LogP contribution in [0.1, 0.15) is 16.4 Å². The number of carbonyl (C=O) groups is 2. The van der Waals surface area contributed by atoms with Gasteiger partial charge in [0.25, 0.3) is 0 Å². The van der Waals surface area contributed by atoms with Crippen molar-refractivity contribution in [2.45, 2.75) is 12.5 Å². The number of hydrogen-bond donors (Lipinski definition) is 0. The summed E-state index contributed by atoms with van der Waals surface area (Å²) in [5.41, 5.74) is 1.50. The highest BCUT2D eigenvalue weighted by Crippen LogP contribution is 2.39. The number of carbonyl (C=O) groups excluding carboxylic acids is 2. The van der Waals surface area contributed by atoms with E-state index in [0.717, 1.165) is 10.4 Å². The van der Waals surface area contributed by atoms with Crippen molar-refractivity contribution < 1.29 is 23.5 Å². The fourth-order valence-corrected chi connectivity index (χ4v) is 3.80. The molecule has 0 unspecified atom stereocenters. The normalized spacial score (nSPS) is 14.4. The lowest BCUT2D eigenvalue weighted by atomic mass is 9.88. The Kier molecular flexibility index (Phi) is 5.71. The molecule has 1 aromatic heterocycles. The number of thiophene rings is 1. The molecule has 7 heteroatoms.